The summed E-state index contributed by atoms with van der Waals surface area (Å²) in [6.45, 7) is 5.02. The number of aliphatic hydroxyl groups is 1. The number of ether oxygens (including phenoxy) is 1. The second kappa shape index (κ2) is 6.60. The summed E-state index contributed by atoms with van der Waals surface area (Å²) >= 11 is 1.84. The number of aliphatic hydroxyl groups excluding tert-OH is 1. The molecule has 0 saturated heterocycles. The van der Waals surface area contributed by atoms with Gasteiger partial charge in [0.15, 0.2) is 0 Å². The molecule has 0 amide bonds. The Morgan fingerprint density at radius 3 is 3.14 bits per heavy atom. The highest BCUT2D eigenvalue weighted by molar-refractivity contribution is 7.10. The van der Waals surface area contributed by atoms with Gasteiger partial charge in [0.05, 0.1) is 0 Å². The molecule has 0 spiro atoms. The van der Waals surface area contributed by atoms with Crippen LogP contribution >= 0.6 is 11.3 Å². The summed E-state index contributed by atoms with van der Waals surface area (Å²) in [5.74, 6) is 0.827. The van der Waals surface area contributed by atoms with Gasteiger partial charge in [0, 0.05) is 24.5 Å². The van der Waals surface area contributed by atoms with Crippen LogP contribution in [0.2, 0.25) is 0 Å². The van der Waals surface area contributed by atoms with E-state index in [1.165, 1.54) is 16.0 Å². The Balaban J connectivity index is 1.47. The van der Waals surface area contributed by atoms with Crippen LogP contribution < -0.4 is 4.74 Å². The van der Waals surface area contributed by atoms with Crippen LogP contribution in [-0.2, 0) is 13.0 Å². The van der Waals surface area contributed by atoms with Crippen LogP contribution in [-0.4, -0.2) is 35.8 Å². The summed E-state index contributed by atoms with van der Waals surface area (Å²) in [4.78, 5) is 3.80. The van der Waals surface area contributed by atoms with E-state index in [1.54, 1.807) is 0 Å². The third-order valence-electron chi connectivity index (χ3n) is 3.79. The second-order valence-electron chi connectivity index (χ2n) is 5.64. The van der Waals surface area contributed by atoms with Crippen LogP contribution in [0.3, 0.4) is 0 Å². The van der Waals surface area contributed by atoms with Gasteiger partial charge in [0.2, 0.25) is 0 Å². The molecule has 2 aromatic rings. The van der Waals surface area contributed by atoms with Crippen LogP contribution in [0.5, 0.6) is 5.75 Å². The standard InChI is InChI=1S/C17H21NO2S/c1-13-3-2-4-16(9-13)20-12-15(19)11-18-7-5-17-14(10-18)6-8-21-17/h2-4,6,8-9,15,19H,5,7,10-12H2,1H3. The van der Waals surface area contributed by atoms with Crippen LogP contribution in [0.1, 0.15) is 16.0 Å². The predicted octanol–water partition coefficient (Wildman–Crippen LogP) is 2.85. The molecule has 2 heterocycles. The summed E-state index contributed by atoms with van der Waals surface area (Å²) in [5, 5.41) is 12.3. The van der Waals surface area contributed by atoms with Crippen LogP contribution in [0.25, 0.3) is 0 Å². The van der Waals surface area contributed by atoms with E-state index in [0.29, 0.717) is 13.2 Å². The highest BCUT2D eigenvalue weighted by Crippen LogP contribution is 2.24. The first-order valence-electron chi connectivity index (χ1n) is 7.36. The van der Waals surface area contributed by atoms with Crippen molar-refractivity contribution in [3.63, 3.8) is 0 Å². The molecule has 4 heteroatoms. The molecule has 1 N–H and O–H groups in total. The molecular weight excluding hydrogens is 282 g/mol. The Hall–Kier alpha value is -1.36. The largest absolute Gasteiger partial charge is 0.491 e. The molecule has 21 heavy (non-hydrogen) atoms. The van der Waals surface area contributed by atoms with Crippen molar-refractivity contribution in [3.05, 3.63) is 51.7 Å². The first-order chi connectivity index (χ1) is 10.2. The minimum Gasteiger partial charge on any atom is -0.491 e. The zero-order valence-electron chi connectivity index (χ0n) is 12.3. The summed E-state index contributed by atoms with van der Waals surface area (Å²) in [6.07, 6.45) is 0.643. The number of β-amino-alcohol motifs (C(OH)–C–C–N with tert-alkyl or cyclic N) is 1. The lowest BCUT2D eigenvalue weighted by molar-refractivity contribution is 0.0640. The lowest BCUT2D eigenvalue weighted by Crippen LogP contribution is -2.38. The smallest absolute Gasteiger partial charge is 0.119 e. The molecule has 0 radical (unpaired) electrons. The maximum absolute atomic E-state index is 10.2. The normalized spacial score (nSPS) is 16.5. The molecule has 1 unspecified atom stereocenters. The van der Waals surface area contributed by atoms with Gasteiger partial charge in [-0.3, -0.25) is 4.90 Å². The monoisotopic (exact) mass is 303 g/mol. The zero-order chi connectivity index (χ0) is 14.7. The quantitative estimate of drug-likeness (QED) is 0.922. The predicted molar refractivity (Wildman–Crippen MR) is 86.0 cm³/mol. The number of aryl methyl sites for hydroxylation is 1. The highest BCUT2D eigenvalue weighted by Gasteiger charge is 2.19. The van der Waals surface area contributed by atoms with E-state index >= 15 is 0 Å². The van der Waals surface area contributed by atoms with Gasteiger partial charge >= 0.3 is 0 Å². The van der Waals surface area contributed by atoms with Crippen LogP contribution in [0, 0.1) is 6.92 Å². The average Bonchev–Trinajstić information content (AvgIpc) is 2.93. The number of thiophene rings is 1. The molecule has 0 saturated carbocycles. The molecule has 3 nitrogen and oxygen atoms in total. The van der Waals surface area contributed by atoms with E-state index in [2.05, 4.69) is 16.3 Å². The summed E-state index contributed by atoms with van der Waals surface area (Å²) in [5.41, 5.74) is 2.58. The Labute approximate surface area is 129 Å². The van der Waals surface area contributed by atoms with Crippen molar-refractivity contribution < 1.29 is 9.84 Å². The highest BCUT2D eigenvalue weighted by atomic mass is 32.1. The van der Waals surface area contributed by atoms with Gasteiger partial charge in [0.1, 0.15) is 18.5 Å². The lowest BCUT2D eigenvalue weighted by Gasteiger charge is -2.28. The maximum atomic E-state index is 10.2. The van der Waals surface area contributed by atoms with Crippen molar-refractivity contribution in [1.29, 1.82) is 0 Å². The lowest BCUT2D eigenvalue weighted by atomic mass is 10.1. The minimum atomic E-state index is -0.453. The number of fused-ring (bicyclic) bond motifs is 1. The van der Waals surface area contributed by atoms with Crippen molar-refractivity contribution in [2.24, 2.45) is 0 Å². The van der Waals surface area contributed by atoms with Gasteiger partial charge in [0.25, 0.3) is 0 Å². The first kappa shape index (κ1) is 14.6. The van der Waals surface area contributed by atoms with Gasteiger partial charge in [-0.1, -0.05) is 12.1 Å². The van der Waals surface area contributed by atoms with Crippen LogP contribution in [0.15, 0.2) is 35.7 Å². The number of hydrogen-bond acceptors (Lipinski definition) is 4. The summed E-state index contributed by atoms with van der Waals surface area (Å²) in [6, 6.07) is 10.1. The molecular formula is C17H21NO2S. The van der Waals surface area contributed by atoms with Gasteiger partial charge in [-0.05, 0) is 48.1 Å². The van der Waals surface area contributed by atoms with Crippen molar-refractivity contribution in [2.45, 2.75) is 26.0 Å². The van der Waals surface area contributed by atoms with Gasteiger partial charge < -0.3 is 9.84 Å². The maximum Gasteiger partial charge on any atom is 0.119 e. The van der Waals surface area contributed by atoms with E-state index in [0.717, 1.165) is 25.3 Å². The molecule has 1 aliphatic heterocycles. The fraction of sp³-hybridized carbons (Fsp3) is 0.412. The molecule has 112 valence electrons. The summed E-state index contributed by atoms with van der Waals surface area (Å²) < 4.78 is 5.67. The summed E-state index contributed by atoms with van der Waals surface area (Å²) in [7, 11) is 0. The van der Waals surface area contributed by atoms with Crippen molar-refractivity contribution in [3.8, 4) is 5.75 Å². The van der Waals surface area contributed by atoms with Gasteiger partial charge in [-0.15, -0.1) is 11.3 Å². The Morgan fingerprint density at radius 1 is 1.38 bits per heavy atom. The second-order valence-corrected chi connectivity index (χ2v) is 6.64. The Bertz CT molecular complexity index is 596. The average molecular weight is 303 g/mol. The fourth-order valence-electron chi connectivity index (χ4n) is 2.71. The molecule has 1 aromatic carbocycles. The van der Waals surface area contributed by atoms with E-state index in [9.17, 15) is 5.11 Å². The number of hydrogen-bond donors (Lipinski definition) is 1. The molecule has 1 aromatic heterocycles. The zero-order valence-corrected chi connectivity index (χ0v) is 13.1. The first-order valence-corrected chi connectivity index (χ1v) is 8.24. The third kappa shape index (κ3) is 3.84. The van der Waals surface area contributed by atoms with Crippen LogP contribution in [0.4, 0.5) is 0 Å². The molecule has 0 fully saturated rings. The van der Waals surface area contributed by atoms with Crippen molar-refractivity contribution in [1.82, 2.24) is 4.90 Å². The molecule has 3 rings (SSSR count). The minimum absolute atomic E-state index is 0.344. The van der Waals surface area contributed by atoms with Crippen molar-refractivity contribution >= 4 is 11.3 Å². The Morgan fingerprint density at radius 2 is 2.29 bits per heavy atom. The number of benzene rings is 1. The number of nitrogens with zero attached hydrogens (tertiary/aromatic N) is 1. The fourth-order valence-corrected chi connectivity index (χ4v) is 3.60. The van der Waals surface area contributed by atoms with E-state index in [4.69, 9.17) is 4.74 Å². The topological polar surface area (TPSA) is 32.7 Å². The van der Waals surface area contributed by atoms with E-state index in [-0.39, 0.29) is 0 Å². The molecule has 0 bridgehead atoms. The van der Waals surface area contributed by atoms with Crippen molar-refractivity contribution in [2.75, 3.05) is 19.7 Å². The number of rotatable bonds is 5. The molecule has 1 atom stereocenters. The molecule has 1 aliphatic rings. The Kier molecular flexibility index (Phi) is 4.58. The third-order valence-corrected chi connectivity index (χ3v) is 4.81. The van der Waals surface area contributed by atoms with E-state index in [1.807, 2.05) is 42.5 Å². The van der Waals surface area contributed by atoms with E-state index < -0.39 is 6.10 Å². The van der Waals surface area contributed by atoms with Gasteiger partial charge in [-0.25, -0.2) is 0 Å². The SMILES string of the molecule is Cc1cccc(OCC(O)CN2CCc3sccc3C2)c1. The van der Waals surface area contributed by atoms with Gasteiger partial charge in [-0.2, -0.15) is 0 Å². The molecule has 0 aliphatic carbocycles.